The van der Waals surface area contributed by atoms with Crippen molar-refractivity contribution in [3.8, 4) is 11.3 Å². The van der Waals surface area contributed by atoms with Crippen molar-refractivity contribution in [2.75, 3.05) is 52.1 Å². The van der Waals surface area contributed by atoms with Crippen molar-refractivity contribution in [3.05, 3.63) is 45.4 Å². The fourth-order valence-corrected chi connectivity index (χ4v) is 7.75. The fourth-order valence-electron chi connectivity index (χ4n) is 6.11. The molecule has 1 fully saturated rings. The van der Waals surface area contributed by atoms with Crippen LogP contribution in [0, 0.1) is 0 Å². The summed E-state index contributed by atoms with van der Waals surface area (Å²) in [5.74, 6) is 0.214. The minimum atomic E-state index is -3.67. The van der Waals surface area contributed by atoms with Gasteiger partial charge in [0.05, 0.1) is 31.2 Å². The van der Waals surface area contributed by atoms with E-state index in [0.29, 0.717) is 19.6 Å². The lowest BCUT2D eigenvalue weighted by atomic mass is 10.1. The zero-order valence-corrected chi connectivity index (χ0v) is 30.8. The van der Waals surface area contributed by atoms with Gasteiger partial charge in [-0.25, -0.2) is 4.79 Å². The molecule has 1 unspecified atom stereocenters. The SMILES string of the molecule is CCCCCCCCCCCCCCOP(=O)(CCN(CCCN)CCCN)OC[C@H]1O[C@@H](n2cc(-c3ccco3)c(=O)[nH]c2=O)[C@H](O)[C@@H]1O. The van der Waals surface area contributed by atoms with Crippen LogP contribution in [0.1, 0.15) is 103 Å². The number of hydrogen-bond acceptors (Lipinski definition) is 12. The number of aliphatic hydroxyl groups is 2. The van der Waals surface area contributed by atoms with Crippen molar-refractivity contribution in [2.24, 2.45) is 11.5 Å². The quantitative estimate of drug-likeness (QED) is 0.0613. The second kappa shape index (κ2) is 23.4. The van der Waals surface area contributed by atoms with Crippen LogP contribution in [0.4, 0.5) is 0 Å². The number of ether oxygens (including phenoxy) is 1. The third-order valence-electron chi connectivity index (χ3n) is 9.13. The summed E-state index contributed by atoms with van der Waals surface area (Å²) in [5.41, 5.74) is 10.0. The van der Waals surface area contributed by atoms with Gasteiger partial charge in [0, 0.05) is 12.7 Å². The van der Waals surface area contributed by atoms with E-state index < -0.39 is 43.4 Å². The molecule has 1 saturated heterocycles. The molecule has 3 rings (SSSR count). The number of unbranched alkanes of at least 4 members (excludes halogenated alkanes) is 11. The predicted molar refractivity (Wildman–Crippen MR) is 194 cm³/mol. The Hall–Kier alpha value is -2.13. The number of aromatic amines is 1. The molecule has 5 atom stereocenters. The van der Waals surface area contributed by atoms with Gasteiger partial charge in [0.2, 0.25) is 0 Å². The summed E-state index contributed by atoms with van der Waals surface area (Å²) in [6.07, 6.45) is 13.1. The van der Waals surface area contributed by atoms with Crippen molar-refractivity contribution >= 4 is 7.60 Å². The number of nitrogens with one attached hydrogen (secondary N) is 1. The standard InChI is InChI=1S/C35H62N5O9P/c1-2-3-4-5-6-7-8-9-10-11-12-13-24-47-50(45,25-22-39(20-15-18-36)21-16-19-37)48-27-30-31(41)32(42)34(49-30)40-26-28(29-17-14-23-46-29)33(43)38-35(40)44/h14,17,23,26,30-32,34,41-42H,2-13,15-16,18-22,24-25,27,36-37H2,1H3,(H,38,43,44)/t30-,31-,32-,34-,50?/m1/s1. The van der Waals surface area contributed by atoms with Crippen LogP contribution in [0.2, 0.25) is 0 Å². The zero-order valence-electron chi connectivity index (χ0n) is 29.9. The smallest absolute Gasteiger partial charge is 0.332 e. The second-order valence-electron chi connectivity index (χ2n) is 13.2. The Morgan fingerprint density at radius 2 is 1.50 bits per heavy atom. The molecule has 0 bridgehead atoms. The molecule has 0 aliphatic carbocycles. The topological polar surface area (TPSA) is 208 Å². The Kier molecular flexibility index (Phi) is 19.8. The summed E-state index contributed by atoms with van der Waals surface area (Å²) in [6, 6.07) is 3.15. The second-order valence-corrected chi connectivity index (χ2v) is 15.4. The molecule has 0 spiro atoms. The molecule has 2 aromatic heterocycles. The third-order valence-corrected chi connectivity index (χ3v) is 11.0. The van der Waals surface area contributed by atoms with Crippen molar-refractivity contribution in [1.82, 2.24) is 14.5 Å². The third kappa shape index (κ3) is 14.1. The minimum Gasteiger partial charge on any atom is -0.464 e. The van der Waals surface area contributed by atoms with Crippen LogP contribution in [0.15, 0.2) is 38.6 Å². The number of aromatic nitrogens is 2. The Bertz CT molecular complexity index is 1350. The number of H-pyrrole nitrogens is 1. The molecule has 0 saturated carbocycles. The molecule has 1 aliphatic rings. The number of hydrogen-bond donors (Lipinski definition) is 5. The van der Waals surface area contributed by atoms with Gasteiger partial charge in [0.15, 0.2) is 6.23 Å². The van der Waals surface area contributed by atoms with Crippen LogP contribution >= 0.6 is 7.60 Å². The Morgan fingerprint density at radius 1 is 0.880 bits per heavy atom. The molecule has 15 heteroatoms. The van der Waals surface area contributed by atoms with Crippen molar-refractivity contribution < 1.29 is 33.0 Å². The van der Waals surface area contributed by atoms with Gasteiger partial charge in [-0.3, -0.25) is 18.9 Å². The van der Waals surface area contributed by atoms with Gasteiger partial charge in [0.25, 0.3) is 5.56 Å². The van der Waals surface area contributed by atoms with Gasteiger partial charge in [0.1, 0.15) is 24.1 Å². The van der Waals surface area contributed by atoms with E-state index in [1.54, 1.807) is 12.1 Å². The highest BCUT2D eigenvalue weighted by Gasteiger charge is 2.45. The summed E-state index contributed by atoms with van der Waals surface area (Å²) in [6.45, 7) is 5.11. The number of rotatable bonds is 28. The largest absolute Gasteiger partial charge is 0.464 e. The Balaban J connectivity index is 1.57. The lowest BCUT2D eigenvalue weighted by Crippen LogP contribution is -2.38. The van der Waals surface area contributed by atoms with E-state index in [1.807, 2.05) is 0 Å². The molecule has 286 valence electrons. The predicted octanol–water partition coefficient (Wildman–Crippen LogP) is 4.34. The molecule has 1 aliphatic heterocycles. The average molecular weight is 728 g/mol. The molecular weight excluding hydrogens is 665 g/mol. The Morgan fingerprint density at radius 3 is 2.08 bits per heavy atom. The number of aliphatic hydroxyl groups excluding tert-OH is 2. The first kappa shape index (κ1) is 42.3. The number of furan rings is 1. The number of nitrogens with zero attached hydrogens (tertiary/aromatic N) is 2. The van der Waals surface area contributed by atoms with Crippen LogP contribution in [-0.2, 0) is 18.3 Å². The molecule has 0 radical (unpaired) electrons. The first-order chi connectivity index (χ1) is 24.2. The van der Waals surface area contributed by atoms with Crippen LogP contribution < -0.4 is 22.7 Å². The molecule has 0 aromatic carbocycles. The summed E-state index contributed by atoms with van der Waals surface area (Å²) in [4.78, 5) is 29.5. The maximum atomic E-state index is 14.1. The van der Waals surface area contributed by atoms with E-state index in [9.17, 15) is 24.4 Å². The first-order valence-corrected chi connectivity index (χ1v) is 20.4. The van der Waals surface area contributed by atoms with E-state index in [2.05, 4.69) is 16.8 Å². The van der Waals surface area contributed by atoms with Gasteiger partial charge in [-0.1, -0.05) is 77.6 Å². The molecule has 50 heavy (non-hydrogen) atoms. The average Bonchev–Trinajstić information content (AvgIpc) is 3.74. The Labute approximate surface area is 296 Å². The highest BCUT2D eigenvalue weighted by Crippen LogP contribution is 2.49. The lowest BCUT2D eigenvalue weighted by molar-refractivity contribution is -0.0530. The lowest BCUT2D eigenvalue weighted by Gasteiger charge is -2.26. The molecule has 0 amide bonds. The molecule has 2 aromatic rings. The van der Waals surface area contributed by atoms with E-state index in [-0.39, 0.29) is 30.7 Å². The van der Waals surface area contributed by atoms with Crippen molar-refractivity contribution in [3.63, 3.8) is 0 Å². The summed E-state index contributed by atoms with van der Waals surface area (Å²) in [5, 5.41) is 21.7. The monoisotopic (exact) mass is 727 g/mol. The van der Waals surface area contributed by atoms with Crippen LogP contribution in [0.5, 0.6) is 0 Å². The number of nitrogens with two attached hydrogens (primary N) is 2. The first-order valence-electron chi connectivity index (χ1n) is 18.6. The summed E-state index contributed by atoms with van der Waals surface area (Å²) < 4.78 is 38.2. The van der Waals surface area contributed by atoms with Crippen molar-refractivity contribution in [2.45, 2.75) is 121 Å². The van der Waals surface area contributed by atoms with Gasteiger partial charge in [-0.05, 0) is 57.6 Å². The fraction of sp³-hybridized carbons (Fsp3) is 0.771. The van der Waals surface area contributed by atoms with Gasteiger partial charge in [-0.2, -0.15) is 0 Å². The van der Waals surface area contributed by atoms with E-state index >= 15 is 0 Å². The molecule has 14 nitrogen and oxygen atoms in total. The molecule has 7 N–H and O–H groups in total. The van der Waals surface area contributed by atoms with E-state index in [4.69, 9.17) is 29.7 Å². The molecular formula is C35H62N5O9P. The highest BCUT2D eigenvalue weighted by molar-refractivity contribution is 7.53. The highest BCUT2D eigenvalue weighted by atomic mass is 31.2. The van der Waals surface area contributed by atoms with Gasteiger partial charge < -0.3 is 44.8 Å². The molecule has 3 heterocycles. The van der Waals surface area contributed by atoms with E-state index in [1.165, 1.54) is 70.2 Å². The summed E-state index contributed by atoms with van der Waals surface area (Å²) in [7, 11) is -3.67. The maximum Gasteiger partial charge on any atom is 0.332 e. The van der Waals surface area contributed by atoms with Crippen LogP contribution in [0.3, 0.4) is 0 Å². The minimum absolute atomic E-state index is 0.0455. The van der Waals surface area contributed by atoms with Crippen LogP contribution in [-0.4, -0.2) is 95.1 Å². The van der Waals surface area contributed by atoms with Gasteiger partial charge >= 0.3 is 13.3 Å². The van der Waals surface area contributed by atoms with Crippen molar-refractivity contribution in [1.29, 1.82) is 0 Å². The maximum absolute atomic E-state index is 14.1. The summed E-state index contributed by atoms with van der Waals surface area (Å²) >= 11 is 0. The van der Waals surface area contributed by atoms with E-state index in [0.717, 1.165) is 49.8 Å². The normalized spacial score (nSPS) is 20.5. The van der Waals surface area contributed by atoms with Crippen LogP contribution in [0.25, 0.3) is 11.3 Å². The van der Waals surface area contributed by atoms with Gasteiger partial charge in [-0.15, -0.1) is 0 Å². The zero-order chi connectivity index (χ0) is 36.2.